The first kappa shape index (κ1) is 13.0. The van der Waals surface area contributed by atoms with Gasteiger partial charge in [0.15, 0.2) is 0 Å². The quantitative estimate of drug-likeness (QED) is 0.847. The van der Waals surface area contributed by atoms with Crippen molar-refractivity contribution in [2.45, 2.75) is 39.2 Å². The molecule has 0 aromatic carbocycles. The summed E-state index contributed by atoms with van der Waals surface area (Å²) in [6, 6.07) is 0.432. The Balaban J connectivity index is 1.87. The third-order valence-electron chi connectivity index (χ3n) is 3.74. The van der Waals surface area contributed by atoms with Gasteiger partial charge in [-0.2, -0.15) is 0 Å². The van der Waals surface area contributed by atoms with Gasteiger partial charge in [-0.05, 0) is 37.8 Å². The Morgan fingerprint density at radius 3 is 2.88 bits per heavy atom. The smallest absolute Gasteiger partial charge is 0.109 e. The molecular formula is C13H23N3S. The van der Waals surface area contributed by atoms with Crippen LogP contribution in [0.5, 0.6) is 0 Å². The van der Waals surface area contributed by atoms with Crippen molar-refractivity contribution in [3.63, 3.8) is 0 Å². The molecule has 0 saturated carbocycles. The van der Waals surface area contributed by atoms with E-state index in [1.54, 1.807) is 11.3 Å². The molecule has 2 N–H and O–H groups in total. The lowest BCUT2D eigenvalue weighted by Gasteiger charge is -2.35. The third kappa shape index (κ3) is 3.50. The first-order valence-electron chi connectivity index (χ1n) is 6.57. The molecule has 1 aliphatic rings. The highest BCUT2D eigenvalue weighted by molar-refractivity contribution is 7.09. The molecule has 1 saturated heterocycles. The van der Waals surface area contributed by atoms with Gasteiger partial charge in [0.05, 0.1) is 6.04 Å². The summed E-state index contributed by atoms with van der Waals surface area (Å²) >= 11 is 1.76. The summed E-state index contributed by atoms with van der Waals surface area (Å²) in [5, 5.41) is 10.4. The van der Waals surface area contributed by atoms with E-state index in [1.807, 2.05) is 6.20 Å². The average Bonchev–Trinajstić information content (AvgIpc) is 2.84. The predicted molar refractivity (Wildman–Crippen MR) is 73.4 cm³/mol. The van der Waals surface area contributed by atoms with Crippen LogP contribution in [0.2, 0.25) is 0 Å². The molecule has 1 aromatic heterocycles. The van der Waals surface area contributed by atoms with Crippen molar-refractivity contribution in [2.24, 2.45) is 5.41 Å². The maximum absolute atomic E-state index is 4.42. The summed E-state index contributed by atoms with van der Waals surface area (Å²) in [6.45, 7) is 8.05. The van der Waals surface area contributed by atoms with Gasteiger partial charge in [0.2, 0.25) is 0 Å². The summed E-state index contributed by atoms with van der Waals surface area (Å²) in [6.07, 6.45) is 5.56. The van der Waals surface area contributed by atoms with Gasteiger partial charge < -0.3 is 10.6 Å². The lowest BCUT2D eigenvalue weighted by atomic mass is 9.81. The molecule has 1 atom stereocenters. The molecule has 0 bridgehead atoms. The zero-order valence-corrected chi connectivity index (χ0v) is 11.6. The zero-order valence-electron chi connectivity index (χ0n) is 10.8. The van der Waals surface area contributed by atoms with Gasteiger partial charge in [-0.15, -0.1) is 11.3 Å². The highest BCUT2D eigenvalue weighted by Gasteiger charge is 2.27. The van der Waals surface area contributed by atoms with E-state index in [-0.39, 0.29) is 0 Å². The maximum Gasteiger partial charge on any atom is 0.109 e. The lowest BCUT2D eigenvalue weighted by Crippen LogP contribution is -2.42. The van der Waals surface area contributed by atoms with Crippen molar-refractivity contribution in [3.05, 3.63) is 16.6 Å². The Bertz CT molecular complexity index is 317. The van der Waals surface area contributed by atoms with Crippen LogP contribution < -0.4 is 10.6 Å². The number of nitrogens with zero attached hydrogens (tertiary/aromatic N) is 1. The average molecular weight is 253 g/mol. The van der Waals surface area contributed by atoms with Crippen molar-refractivity contribution < 1.29 is 0 Å². The second-order valence-electron chi connectivity index (χ2n) is 5.27. The van der Waals surface area contributed by atoms with Crippen molar-refractivity contribution in [3.8, 4) is 0 Å². The first-order valence-corrected chi connectivity index (χ1v) is 7.45. The Kier molecular flexibility index (Phi) is 4.54. The molecule has 17 heavy (non-hydrogen) atoms. The highest BCUT2D eigenvalue weighted by atomic mass is 32.1. The number of thiazole rings is 1. The molecule has 96 valence electrons. The normalized spacial score (nSPS) is 21.3. The number of rotatable bonds is 5. The minimum atomic E-state index is 0.432. The summed E-state index contributed by atoms with van der Waals surface area (Å²) < 4.78 is 0. The predicted octanol–water partition coefficient (Wildman–Crippen LogP) is 2.57. The number of aromatic nitrogens is 1. The molecule has 2 heterocycles. The van der Waals surface area contributed by atoms with Crippen LogP contribution in [0.4, 0.5) is 0 Å². The molecular weight excluding hydrogens is 230 g/mol. The van der Waals surface area contributed by atoms with Crippen molar-refractivity contribution in [1.29, 1.82) is 0 Å². The molecule has 1 aromatic rings. The topological polar surface area (TPSA) is 37.0 Å². The minimum Gasteiger partial charge on any atom is -0.317 e. The van der Waals surface area contributed by atoms with Crippen LogP contribution in [0.25, 0.3) is 0 Å². The van der Waals surface area contributed by atoms with Crippen LogP contribution >= 0.6 is 11.3 Å². The Morgan fingerprint density at radius 2 is 2.29 bits per heavy atom. The fourth-order valence-electron chi connectivity index (χ4n) is 2.39. The van der Waals surface area contributed by atoms with Gasteiger partial charge in [-0.3, -0.25) is 0 Å². The van der Waals surface area contributed by atoms with Crippen LogP contribution in [-0.2, 0) is 0 Å². The minimum absolute atomic E-state index is 0.432. The second kappa shape index (κ2) is 5.94. The second-order valence-corrected chi connectivity index (χ2v) is 6.20. The van der Waals surface area contributed by atoms with E-state index in [0.717, 1.165) is 26.1 Å². The summed E-state index contributed by atoms with van der Waals surface area (Å²) in [4.78, 5) is 4.42. The molecule has 1 unspecified atom stereocenters. The Hall–Kier alpha value is -0.450. The largest absolute Gasteiger partial charge is 0.317 e. The molecule has 4 heteroatoms. The SMILES string of the molecule is CCC(NCC1(C)CCNCC1)c1nccs1. The van der Waals surface area contributed by atoms with E-state index in [9.17, 15) is 0 Å². The third-order valence-corrected chi connectivity index (χ3v) is 4.63. The summed E-state index contributed by atoms with van der Waals surface area (Å²) in [7, 11) is 0. The first-order chi connectivity index (χ1) is 8.23. The highest BCUT2D eigenvalue weighted by Crippen LogP contribution is 2.28. The van der Waals surface area contributed by atoms with E-state index < -0.39 is 0 Å². The van der Waals surface area contributed by atoms with Crippen LogP contribution in [-0.4, -0.2) is 24.6 Å². The van der Waals surface area contributed by atoms with E-state index >= 15 is 0 Å². The van der Waals surface area contributed by atoms with Gasteiger partial charge >= 0.3 is 0 Å². The van der Waals surface area contributed by atoms with Gasteiger partial charge in [0, 0.05) is 18.1 Å². The Morgan fingerprint density at radius 1 is 1.53 bits per heavy atom. The Labute approximate surface area is 108 Å². The van der Waals surface area contributed by atoms with Crippen LogP contribution in [0.3, 0.4) is 0 Å². The monoisotopic (exact) mass is 253 g/mol. The molecule has 0 spiro atoms. The van der Waals surface area contributed by atoms with E-state index in [4.69, 9.17) is 0 Å². The van der Waals surface area contributed by atoms with Gasteiger partial charge in [-0.1, -0.05) is 13.8 Å². The molecule has 1 aliphatic heterocycles. The maximum atomic E-state index is 4.42. The molecule has 0 radical (unpaired) electrons. The number of piperidine rings is 1. The molecule has 1 fully saturated rings. The van der Waals surface area contributed by atoms with Crippen molar-refractivity contribution in [2.75, 3.05) is 19.6 Å². The van der Waals surface area contributed by atoms with Crippen LogP contribution in [0, 0.1) is 5.41 Å². The van der Waals surface area contributed by atoms with Gasteiger partial charge in [0.25, 0.3) is 0 Å². The van der Waals surface area contributed by atoms with E-state index in [1.165, 1.54) is 17.8 Å². The molecule has 0 amide bonds. The number of nitrogens with one attached hydrogen (secondary N) is 2. The van der Waals surface area contributed by atoms with Gasteiger partial charge in [-0.25, -0.2) is 4.98 Å². The van der Waals surface area contributed by atoms with E-state index in [2.05, 4.69) is 34.8 Å². The van der Waals surface area contributed by atoms with Gasteiger partial charge in [0.1, 0.15) is 5.01 Å². The van der Waals surface area contributed by atoms with Crippen molar-refractivity contribution >= 4 is 11.3 Å². The van der Waals surface area contributed by atoms with Crippen molar-refractivity contribution in [1.82, 2.24) is 15.6 Å². The zero-order chi connectivity index (χ0) is 12.1. The van der Waals surface area contributed by atoms with Crippen LogP contribution in [0.15, 0.2) is 11.6 Å². The van der Waals surface area contributed by atoms with Crippen LogP contribution in [0.1, 0.15) is 44.2 Å². The van der Waals surface area contributed by atoms with E-state index in [0.29, 0.717) is 11.5 Å². The summed E-state index contributed by atoms with van der Waals surface area (Å²) in [5.74, 6) is 0. The molecule has 2 rings (SSSR count). The fourth-order valence-corrected chi connectivity index (χ4v) is 3.19. The number of hydrogen-bond donors (Lipinski definition) is 2. The standard InChI is InChI=1S/C13H23N3S/c1-3-11(12-15-8-9-17-12)16-10-13(2)4-6-14-7-5-13/h8-9,11,14,16H,3-7,10H2,1-2H3. The molecule has 0 aliphatic carbocycles. The fraction of sp³-hybridized carbons (Fsp3) is 0.769. The molecule has 3 nitrogen and oxygen atoms in total. The lowest BCUT2D eigenvalue weighted by molar-refractivity contribution is 0.211. The summed E-state index contributed by atoms with van der Waals surface area (Å²) in [5.41, 5.74) is 0.454. The number of hydrogen-bond acceptors (Lipinski definition) is 4.